The third-order valence-corrected chi connectivity index (χ3v) is 5.63. The van der Waals surface area contributed by atoms with Crippen LogP contribution in [0.5, 0.6) is 5.88 Å². The van der Waals surface area contributed by atoms with Gasteiger partial charge in [-0.15, -0.1) is 11.3 Å². The van der Waals surface area contributed by atoms with Gasteiger partial charge in [0.15, 0.2) is 0 Å². The average molecular weight is 392 g/mol. The molecule has 1 saturated heterocycles. The molecule has 0 aromatic carbocycles. The first-order valence-corrected chi connectivity index (χ1v) is 10.3. The van der Waals surface area contributed by atoms with Crippen LogP contribution in [-0.2, 0) is 6.54 Å². The SMILES string of the molecule is CC(C)(C)Oc1nccnc1CN1CCC(/C=C/c2sccc2Cl)CC1. The molecular formula is C20H26ClN3OS. The Kier molecular flexibility index (Phi) is 6.33. The summed E-state index contributed by atoms with van der Waals surface area (Å²) in [5, 5.41) is 2.88. The first kappa shape index (κ1) is 19.3. The summed E-state index contributed by atoms with van der Waals surface area (Å²) in [5.74, 6) is 1.26. The van der Waals surface area contributed by atoms with Crippen molar-refractivity contribution in [1.29, 1.82) is 0 Å². The molecule has 0 unspecified atom stereocenters. The number of likely N-dealkylation sites (tertiary alicyclic amines) is 1. The second-order valence-corrected chi connectivity index (χ2v) is 8.98. The highest BCUT2D eigenvalue weighted by atomic mass is 35.5. The lowest BCUT2D eigenvalue weighted by atomic mass is 9.96. The Morgan fingerprint density at radius 2 is 2.00 bits per heavy atom. The van der Waals surface area contributed by atoms with E-state index in [1.807, 2.05) is 32.2 Å². The second kappa shape index (κ2) is 8.51. The lowest BCUT2D eigenvalue weighted by Crippen LogP contribution is -2.33. The first-order chi connectivity index (χ1) is 12.4. The Morgan fingerprint density at radius 3 is 2.65 bits per heavy atom. The van der Waals surface area contributed by atoms with Gasteiger partial charge in [0.1, 0.15) is 11.3 Å². The van der Waals surface area contributed by atoms with Crippen molar-refractivity contribution >= 4 is 29.0 Å². The maximum absolute atomic E-state index is 6.16. The van der Waals surface area contributed by atoms with Crippen LogP contribution in [0.4, 0.5) is 0 Å². The highest BCUT2D eigenvalue weighted by molar-refractivity contribution is 7.11. The van der Waals surface area contributed by atoms with Gasteiger partial charge in [0.2, 0.25) is 5.88 Å². The molecule has 3 rings (SSSR count). The Balaban J connectivity index is 1.55. The molecule has 0 radical (unpaired) electrons. The van der Waals surface area contributed by atoms with Gasteiger partial charge >= 0.3 is 0 Å². The van der Waals surface area contributed by atoms with Crippen molar-refractivity contribution in [2.24, 2.45) is 5.92 Å². The number of nitrogens with zero attached hydrogens (tertiary/aromatic N) is 3. The quantitative estimate of drug-likeness (QED) is 0.693. The minimum Gasteiger partial charge on any atom is -0.471 e. The molecule has 0 atom stereocenters. The minimum atomic E-state index is -0.272. The van der Waals surface area contributed by atoms with Crippen LogP contribution < -0.4 is 4.74 Å². The van der Waals surface area contributed by atoms with Crippen LogP contribution in [0.1, 0.15) is 44.2 Å². The lowest BCUT2D eigenvalue weighted by Gasteiger charge is -2.31. The van der Waals surface area contributed by atoms with Gasteiger partial charge in [-0.25, -0.2) is 4.98 Å². The zero-order valence-electron chi connectivity index (χ0n) is 15.6. The minimum absolute atomic E-state index is 0.272. The van der Waals surface area contributed by atoms with Crippen LogP contribution in [0.25, 0.3) is 6.08 Å². The third-order valence-electron chi connectivity index (χ3n) is 4.31. The monoisotopic (exact) mass is 391 g/mol. The molecular weight excluding hydrogens is 366 g/mol. The van der Waals surface area contributed by atoms with Crippen LogP contribution in [0.15, 0.2) is 29.9 Å². The fourth-order valence-electron chi connectivity index (χ4n) is 3.00. The molecule has 1 fully saturated rings. The van der Waals surface area contributed by atoms with Crippen LogP contribution >= 0.6 is 22.9 Å². The van der Waals surface area contributed by atoms with Gasteiger partial charge in [0, 0.05) is 23.8 Å². The predicted molar refractivity (Wildman–Crippen MR) is 109 cm³/mol. The molecule has 140 valence electrons. The van der Waals surface area contributed by atoms with Gasteiger partial charge in [-0.2, -0.15) is 0 Å². The zero-order valence-corrected chi connectivity index (χ0v) is 17.2. The van der Waals surface area contributed by atoms with Crippen molar-refractivity contribution in [3.63, 3.8) is 0 Å². The van der Waals surface area contributed by atoms with Crippen LogP contribution in [0, 0.1) is 5.92 Å². The molecule has 0 aliphatic carbocycles. The van der Waals surface area contributed by atoms with Gasteiger partial charge in [-0.3, -0.25) is 9.88 Å². The molecule has 3 heterocycles. The van der Waals surface area contributed by atoms with Gasteiger partial charge in [0.25, 0.3) is 0 Å². The summed E-state index contributed by atoms with van der Waals surface area (Å²) in [6, 6.07) is 1.95. The third kappa shape index (κ3) is 5.53. The highest BCUT2D eigenvalue weighted by Gasteiger charge is 2.21. The van der Waals surface area contributed by atoms with Crippen molar-refractivity contribution in [3.05, 3.63) is 45.5 Å². The number of allylic oxidation sites excluding steroid dienone is 1. The Morgan fingerprint density at radius 1 is 1.27 bits per heavy atom. The van der Waals surface area contributed by atoms with Crippen molar-refractivity contribution in [3.8, 4) is 5.88 Å². The Hall–Kier alpha value is -1.43. The largest absolute Gasteiger partial charge is 0.471 e. The van der Waals surface area contributed by atoms with Crippen molar-refractivity contribution < 1.29 is 4.74 Å². The fourth-order valence-corrected chi connectivity index (χ4v) is 4.02. The van der Waals surface area contributed by atoms with Crippen LogP contribution in [-0.4, -0.2) is 33.6 Å². The Bertz CT molecular complexity index is 746. The summed E-state index contributed by atoms with van der Waals surface area (Å²) < 4.78 is 5.96. The molecule has 0 spiro atoms. The molecule has 0 bridgehead atoms. The summed E-state index contributed by atoms with van der Waals surface area (Å²) in [4.78, 5) is 12.5. The number of ether oxygens (including phenoxy) is 1. The summed E-state index contributed by atoms with van der Waals surface area (Å²) in [6.07, 6.45) is 10.2. The number of hydrogen-bond donors (Lipinski definition) is 0. The normalized spacial score (nSPS) is 17.1. The van der Waals surface area contributed by atoms with E-state index in [-0.39, 0.29) is 5.60 Å². The number of rotatable bonds is 5. The standard InChI is InChI=1S/C20H26ClN3OS/c1-20(2,3)25-19-17(22-9-10-23-19)14-24-11-6-15(7-12-24)4-5-18-16(21)8-13-26-18/h4-5,8-10,13,15H,6-7,11-12,14H2,1-3H3/b5-4+. The molecule has 0 saturated carbocycles. The molecule has 2 aromatic heterocycles. The van der Waals surface area contributed by atoms with E-state index in [1.165, 1.54) is 0 Å². The zero-order chi connectivity index (χ0) is 18.6. The topological polar surface area (TPSA) is 38.3 Å². The molecule has 1 aliphatic heterocycles. The summed E-state index contributed by atoms with van der Waals surface area (Å²) >= 11 is 7.85. The summed E-state index contributed by atoms with van der Waals surface area (Å²) in [5.41, 5.74) is 0.646. The molecule has 2 aromatic rings. The number of aromatic nitrogens is 2. The Labute approximate surface area is 164 Å². The van der Waals surface area contributed by atoms with E-state index in [4.69, 9.17) is 16.3 Å². The van der Waals surface area contributed by atoms with Crippen LogP contribution in [0.2, 0.25) is 5.02 Å². The van der Waals surface area contributed by atoms with Crippen molar-refractivity contribution in [2.75, 3.05) is 13.1 Å². The molecule has 6 heteroatoms. The van der Waals surface area contributed by atoms with Gasteiger partial charge in [0.05, 0.1) is 5.02 Å². The molecule has 26 heavy (non-hydrogen) atoms. The number of thiophene rings is 1. The van der Waals surface area contributed by atoms with E-state index in [1.54, 1.807) is 23.7 Å². The van der Waals surface area contributed by atoms with Crippen molar-refractivity contribution in [2.45, 2.75) is 45.8 Å². The van der Waals surface area contributed by atoms with E-state index < -0.39 is 0 Å². The number of piperidine rings is 1. The van der Waals surface area contributed by atoms with E-state index >= 15 is 0 Å². The number of hydrogen-bond acceptors (Lipinski definition) is 5. The molecule has 1 aliphatic rings. The highest BCUT2D eigenvalue weighted by Crippen LogP contribution is 2.27. The molecule has 4 nitrogen and oxygen atoms in total. The molecule has 0 N–H and O–H groups in total. The maximum Gasteiger partial charge on any atom is 0.237 e. The average Bonchev–Trinajstić information content (AvgIpc) is 3.00. The van der Waals surface area contributed by atoms with Gasteiger partial charge in [-0.05, 0) is 70.1 Å². The maximum atomic E-state index is 6.16. The van der Waals surface area contributed by atoms with Gasteiger partial charge < -0.3 is 4.74 Å². The summed E-state index contributed by atoms with van der Waals surface area (Å²) in [7, 11) is 0. The van der Waals surface area contributed by atoms with E-state index in [2.05, 4.69) is 27.0 Å². The summed E-state index contributed by atoms with van der Waals surface area (Å²) in [6.45, 7) is 8.99. The second-order valence-electron chi connectivity index (χ2n) is 7.63. The van der Waals surface area contributed by atoms with Gasteiger partial charge in [-0.1, -0.05) is 17.7 Å². The molecule has 0 amide bonds. The lowest BCUT2D eigenvalue weighted by molar-refractivity contribution is 0.117. The predicted octanol–water partition coefficient (Wildman–Crippen LogP) is 5.29. The first-order valence-electron chi connectivity index (χ1n) is 9.03. The smallest absolute Gasteiger partial charge is 0.237 e. The van der Waals surface area contributed by atoms with Crippen LogP contribution in [0.3, 0.4) is 0 Å². The fraction of sp³-hybridized carbons (Fsp3) is 0.500. The number of halogens is 1. The van der Waals surface area contributed by atoms with E-state index in [9.17, 15) is 0 Å². The van der Waals surface area contributed by atoms with Crippen molar-refractivity contribution in [1.82, 2.24) is 14.9 Å². The van der Waals surface area contributed by atoms with E-state index in [0.717, 1.165) is 48.1 Å². The van der Waals surface area contributed by atoms with E-state index in [0.29, 0.717) is 11.8 Å².